The largest absolute Gasteiger partial charge is 0.489 e. The molecule has 6 rings (SSSR count). The average molecular weight is 498 g/mol. The number of pyridine rings is 2. The zero-order valence-electron chi connectivity index (χ0n) is 19.9. The lowest BCUT2D eigenvalue weighted by atomic mass is 9.74. The van der Waals surface area contributed by atoms with Crippen molar-refractivity contribution in [3.05, 3.63) is 96.3 Å². The van der Waals surface area contributed by atoms with Crippen molar-refractivity contribution in [2.75, 3.05) is 13.2 Å². The number of hydrogen-bond acceptors (Lipinski definition) is 5. The minimum atomic E-state index is -1.18. The summed E-state index contributed by atoms with van der Waals surface area (Å²) in [5, 5.41) is 11.0. The first kappa shape index (κ1) is 23.1. The SMILES string of the molecule is O=C(O)C1(c2cc(F)cc(OCc3ccc4c(-c5cccnc5)cc5nccn5c4c3)c2)CCOCC1. The van der Waals surface area contributed by atoms with Crippen molar-refractivity contribution < 1.29 is 23.8 Å². The molecule has 8 heteroatoms. The number of imidazole rings is 1. The summed E-state index contributed by atoms with van der Waals surface area (Å²) < 4.78 is 27.9. The van der Waals surface area contributed by atoms with Crippen molar-refractivity contribution in [3.63, 3.8) is 0 Å². The second-order valence-electron chi connectivity index (χ2n) is 9.27. The maximum Gasteiger partial charge on any atom is 0.314 e. The highest BCUT2D eigenvalue weighted by atomic mass is 19.1. The van der Waals surface area contributed by atoms with Crippen molar-refractivity contribution in [1.82, 2.24) is 14.4 Å². The second kappa shape index (κ2) is 9.29. The quantitative estimate of drug-likeness (QED) is 0.338. The van der Waals surface area contributed by atoms with Gasteiger partial charge in [-0.1, -0.05) is 18.2 Å². The van der Waals surface area contributed by atoms with Gasteiger partial charge in [0.1, 0.15) is 23.8 Å². The Morgan fingerprint density at radius 1 is 1.11 bits per heavy atom. The molecule has 37 heavy (non-hydrogen) atoms. The summed E-state index contributed by atoms with van der Waals surface area (Å²) in [5.74, 6) is -1.21. The summed E-state index contributed by atoms with van der Waals surface area (Å²) in [4.78, 5) is 20.9. The molecule has 1 aliphatic heterocycles. The third kappa shape index (κ3) is 4.19. The van der Waals surface area contributed by atoms with Crippen LogP contribution in [0.15, 0.2) is 79.4 Å². The van der Waals surface area contributed by atoms with Gasteiger partial charge in [-0.3, -0.25) is 14.2 Å². The number of aliphatic carboxylic acids is 1. The maximum atomic E-state index is 14.6. The zero-order chi connectivity index (χ0) is 25.4. The van der Waals surface area contributed by atoms with Crippen LogP contribution in [0.1, 0.15) is 24.0 Å². The predicted molar refractivity (Wildman–Crippen MR) is 136 cm³/mol. The van der Waals surface area contributed by atoms with Crippen LogP contribution < -0.4 is 4.74 Å². The Hall–Kier alpha value is -4.30. The second-order valence-corrected chi connectivity index (χ2v) is 9.27. The van der Waals surface area contributed by atoms with Gasteiger partial charge in [0, 0.05) is 55.0 Å². The Bertz CT molecular complexity index is 1610. The molecule has 4 heterocycles. The van der Waals surface area contributed by atoms with Gasteiger partial charge < -0.3 is 14.6 Å². The van der Waals surface area contributed by atoms with Crippen molar-refractivity contribution >= 4 is 22.5 Å². The van der Waals surface area contributed by atoms with E-state index in [2.05, 4.69) is 9.97 Å². The molecular weight excluding hydrogens is 473 g/mol. The van der Waals surface area contributed by atoms with Crippen LogP contribution in [0, 0.1) is 5.82 Å². The summed E-state index contributed by atoms with van der Waals surface area (Å²) in [6.45, 7) is 0.828. The fraction of sp³-hybridized carbons (Fsp3) is 0.207. The number of aromatic nitrogens is 3. The zero-order valence-corrected chi connectivity index (χ0v) is 19.9. The number of carbonyl (C=O) groups is 1. The number of ether oxygens (including phenoxy) is 2. The number of fused-ring (bicyclic) bond motifs is 3. The van der Waals surface area contributed by atoms with Crippen molar-refractivity contribution in [3.8, 4) is 16.9 Å². The topological polar surface area (TPSA) is 86.0 Å². The first-order valence-corrected chi connectivity index (χ1v) is 12.1. The molecule has 5 aromatic rings. The summed E-state index contributed by atoms with van der Waals surface area (Å²) in [7, 11) is 0. The number of nitrogens with zero attached hydrogens (tertiary/aromatic N) is 3. The maximum absolute atomic E-state index is 14.6. The van der Waals surface area contributed by atoms with Gasteiger partial charge in [-0.25, -0.2) is 9.37 Å². The van der Waals surface area contributed by atoms with Crippen molar-refractivity contribution in [2.24, 2.45) is 0 Å². The van der Waals surface area contributed by atoms with Crippen LogP contribution in [0.3, 0.4) is 0 Å². The van der Waals surface area contributed by atoms with E-state index in [1.165, 1.54) is 12.1 Å². The van der Waals surface area contributed by atoms with E-state index in [1.807, 2.05) is 53.2 Å². The van der Waals surface area contributed by atoms with Gasteiger partial charge in [-0.05, 0) is 59.9 Å². The third-order valence-electron chi connectivity index (χ3n) is 7.11. The number of benzene rings is 2. The van der Waals surface area contributed by atoms with Gasteiger partial charge in [0.05, 0.1) is 10.9 Å². The van der Waals surface area contributed by atoms with E-state index in [0.717, 1.165) is 33.2 Å². The lowest BCUT2D eigenvalue weighted by Gasteiger charge is -2.33. The van der Waals surface area contributed by atoms with E-state index in [9.17, 15) is 14.3 Å². The Morgan fingerprint density at radius 2 is 1.97 bits per heavy atom. The number of rotatable bonds is 6. The smallest absolute Gasteiger partial charge is 0.314 e. The molecule has 0 atom stereocenters. The van der Waals surface area contributed by atoms with Crippen molar-refractivity contribution in [1.29, 1.82) is 0 Å². The minimum absolute atomic E-state index is 0.190. The molecule has 0 radical (unpaired) electrons. The fourth-order valence-electron chi connectivity index (χ4n) is 5.12. The highest BCUT2D eigenvalue weighted by Crippen LogP contribution is 2.37. The fourth-order valence-corrected chi connectivity index (χ4v) is 5.12. The number of carboxylic acids is 1. The lowest BCUT2D eigenvalue weighted by molar-refractivity contribution is -0.147. The molecule has 0 unspecified atom stereocenters. The molecule has 3 aromatic heterocycles. The molecule has 186 valence electrons. The van der Waals surface area contributed by atoms with Crippen LogP contribution in [0.5, 0.6) is 5.75 Å². The third-order valence-corrected chi connectivity index (χ3v) is 7.11. The van der Waals surface area contributed by atoms with E-state index in [1.54, 1.807) is 18.5 Å². The predicted octanol–water partition coefficient (Wildman–Crippen LogP) is 5.40. The molecule has 0 amide bonds. The highest BCUT2D eigenvalue weighted by Gasteiger charge is 2.42. The molecule has 1 saturated heterocycles. The van der Waals surface area contributed by atoms with E-state index in [4.69, 9.17) is 9.47 Å². The van der Waals surface area contributed by atoms with Crippen LogP contribution in [0.4, 0.5) is 4.39 Å². The number of halogens is 1. The highest BCUT2D eigenvalue weighted by molar-refractivity contribution is 5.97. The minimum Gasteiger partial charge on any atom is -0.489 e. The Morgan fingerprint density at radius 3 is 2.76 bits per heavy atom. The first-order chi connectivity index (χ1) is 18.0. The standard InChI is InChI=1S/C29H24FN3O4/c30-22-13-21(29(28(34)35)5-10-36-11-6-29)14-23(15-22)37-18-19-3-4-24-25(20-2-1-7-31-17-20)16-27-32-8-9-33(27)26(24)12-19/h1-4,7-9,12-17H,5-6,10-11,18H2,(H,34,35). The van der Waals surface area contributed by atoms with Gasteiger partial charge in [0.2, 0.25) is 0 Å². The number of carboxylic acid groups (broad SMARTS) is 1. The molecule has 0 bridgehead atoms. The summed E-state index contributed by atoms with van der Waals surface area (Å²) in [5.41, 5.74) is 3.90. The lowest BCUT2D eigenvalue weighted by Crippen LogP contribution is -2.41. The summed E-state index contributed by atoms with van der Waals surface area (Å²) >= 11 is 0. The van der Waals surface area contributed by atoms with Gasteiger partial charge in [-0.15, -0.1) is 0 Å². The molecule has 0 saturated carbocycles. The van der Waals surface area contributed by atoms with E-state index >= 15 is 0 Å². The normalized spacial score (nSPS) is 15.2. The van der Waals surface area contributed by atoms with Crippen LogP contribution in [-0.4, -0.2) is 38.7 Å². The van der Waals surface area contributed by atoms with Crippen molar-refractivity contribution in [2.45, 2.75) is 24.9 Å². The van der Waals surface area contributed by atoms with E-state index in [0.29, 0.717) is 24.5 Å². The average Bonchev–Trinajstić information content (AvgIpc) is 3.41. The molecule has 7 nitrogen and oxygen atoms in total. The number of hydrogen-bond donors (Lipinski definition) is 1. The molecule has 0 spiro atoms. The van der Waals surface area contributed by atoms with Crippen LogP contribution in [-0.2, 0) is 21.6 Å². The van der Waals surface area contributed by atoms with Gasteiger partial charge in [-0.2, -0.15) is 0 Å². The van der Waals surface area contributed by atoms with E-state index in [-0.39, 0.29) is 19.4 Å². The molecule has 1 aliphatic rings. The van der Waals surface area contributed by atoms with Gasteiger partial charge >= 0.3 is 5.97 Å². The molecule has 2 aromatic carbocycles. The van der Waals surface area contributed by atoms with Gasteiger partial charge in [0.25, 0.3) is 0 Å². The summed E-state index contributed by atoms with van der Waals surface area (Å²) in [6, 6.07) is 16.2. The Labute approximate surface area is 212 Å². The first-order valence-electron chi connectivity index (χ1n) is 12.1. The summed E-state index contributed by atoms with van der Waals surface area (Å²) in [6.07, 6.45) is 7.82. The molecular formula is C29H24FN3O4. The molecule has 0 aliphatic carbocycles. The molecule has 1 N–H and O–H groups in total. The Balaban J connectivity index is 1.34. The Kier molecular flexibility index (Phi) is 5.81. The van der Waals surface area contributed by atoms with Gasteiger partial charge in [0.15, 0.2) is 0 Å². The van der Waals surface area contributed by atoms with Crippen LogP contribution in [0.2, 0.25) is 0 Å². The monoisotopic (exact) mass is 497 g/mol. The van der Waals surface area contributed by atoms with Crippen LogP contribution >= 0.6 is 0 Å². The molecule has 1 fully saturated rings. The van der Waals surface area contributed by atoms with E-state index < -0.39 is 17.2 Å². The van der Waals surface area contributed by atoms with Crippen LogP contribution in [0.25, 0.3) is 27.7 Å².